The van der Waals surface area contributed by atoms with Crippen molar-refractivity contribution < 1.29 is 14.6 Å². The van der Waals surface area contributed by atoms with Crippen LogP contribution in [0.4, 0.5) is 0 Å². The average molecular weight is 324 g/mol. The van der Waals surface area contributed by atoms with E-state index in [4.69, 9.17) is 9.47 Å². The molecule has 100 valence electrons. The van der Waals surface area contributed by atoms with Crippen LogP contribution in [0.25, 0.3) is 0 Å². The van der Waals surface area contributed by atoms with Gasteiger partial charge in [-0.1, -0.05) is 18.2 Å². The van der Waals surface area contributed by atoms with Crippen LogP contribution in [0.1, 0.15) is 5.56 Å². The molecule has 5 heteroatoms. The van der Waals surface area contributed by atoms with Crippen molar-refractivity contribution in [3.05, 3.63) is 52.6 Å². The molecule has 0 spiro atoms. The summed E-state index contributed by atoms with van der Waals surface area (Å²) in [6.45, 7) is 0.685. The zero-order chi connectivity index (χ0) is 13.5. The smallest absolute Gasteiger partial charge is 0.219 e. The van der Waals surface area contributed by atoms with Crippen LogP contribution < -0.4 is 9.47 Å². The molecule has 0 bridgehead atoms. The van der Waals surface area contributed by atoms with Gasteiger partial charge >= 0.3 is 0 Å². The van der Waals surface area contributed by atoms with Crippen molar-refractivity contribution in [3.63, 3.8) is 0 Å². The summed E-state index contributed by atoms with van der Waals surface area (Å²) in [6.07, 6.45) is 1.63. The number of pyridine rings is 1. The first-order chi connectivity index (χ1) is 9.29. The number of aliphatic hydroxyl groups excluding tert-OH is 1. The lowest BCUT2D eigenvalue weighted by atomic mass is 10.3. The predicted octanol–water partition coefficient (Wildman–Crippen LogP) is 2.79. The van der Waals surface area contributed by atoms with Gasteiger partial charge in [-0.25, -0.2) is 4.98 Å². The number of nitrogens with zero attached hydrogens (tertiary/aromatic N) is 1. The third-order valence-electron chi connectivity index (χ3n) is 2.40. The molecule has 1 heterocycles. The SMILES string of the molecule is OCc1cc(Br)cnc1OCCOc1ccccc1. The zero-order valence-corrected chi connectivity index (χ0v) is 11.8. The van der Waals surface area contributed by atoms with Gasteiger partial charge in [0.1, 0.15) is 19.0 Å². The maximum Gasteiger partial charge on any atom is 0.219 e. The Morgan fingerprint density at radius 3 is 2.58 bits per heavy atom. The minimum Gasteiger partial charge on any atom is -0.490 e. The number of aromatic nitrogens is 1. The molecular weight excluding hydrogens is 310 g/mol. The van der Waals surface area contributed by atoms with Gasteiger partial charge < -0.3 is 14.6 Å². The van der Waals surface area contributed by atoms with Crippen LogP contribution in [0.2, 0.25) is 0 Å². The number of rotatable bonds is 6. The van der Waals surface area contributed by atoms with Crippen molar-refractivity contribution in [2.75, 3.05) is 13.2 Å². The first-order valence-corrected chi connectivity index (χ1v) is 6.65. The molecule has 0 fully saturated rings. The van der Waals surface area contributed by atoms with E-state index in [1.54, 1.807) is 12.3 Å². The van der Waals surface area contributed by atoms with Gasteiger partial charge in [0.25, 0.3) is 0 Å². The number of halogens is 1. The second-order valence-electron chi connectivity index (χ2n) is 3.79. The molecule has 1 N–H and O–H groups in total. The van der Waals surface area contributed by atoms with Crippen molar-refractivity contribution in [1.82, 2.24) is 4.98 Å². The van der Waals surface area contributed by atoms with E-state index >= 15 is 0 Å². The Bertz CT molecular complexity index is 519. The minimum atomic E-state index is -0.110. The minimum absolute atomic E-state index is 0.110. The van der Waals surface area contributed by atoms with Gasteiger partial charge in [-0.2, -0.15) is 0 Å². The fraction of sp³-hybridized carbons (Fsp3) is 0.214. The number of ether oxygens (including phenoxy) is 2. The van der Waals surface area contributed by atoms with Crippen LogP contribution in [0.3, 0.4) is 0 Å². The summed E-state index contributed by atoms with van der Waals surface area (Å²) >= 11 is 3.30. The summed E-state index contributed by atoms with van der Waals surface area (Å²) in [5.74, 6) is 1.24. The lowest BCUT2D eigenvalue weighted by molar-refractivity contribution is 0.204. The average Bonchev–Trinajstić information content (AvgIpc) is 2.46. The van der Waals surface area contributed by atoms with Crippen molar-refractivity contribution in [3.8, 4) is 11.6 Å². The van der Waals surface area contributed by atoms with E-state index in [1.165, 1.54) is 0 Å². The maximum absolute atomic E-state index is 9.21. The second kappa shape index (κ2) is 7.11. The quantitative estimate of drug-likeness (QED) is 0.830. The van der Waals surface area contributed by atoms with Crippen molar-refractivity contribution >= 4 is 15.9 Å². The molecular formula is C14H14BrNO3. The largest absolute Gasteiger partial charge is 0.490 e. The van der Waals surface area contributed by atoms with E-state index in [-0.39, 0.29) is 6.61 Å². The van der Waals surface area contributed by atoms with E-state index in [0.29, 0.717) is 24.7 Å². The molecule has 19 heavy (non-hydrogen) atoms. The molecule has 0 amide bonds. The van der Waals surface area contributed by atoms with Crippen LogP contribution in [0, 0.1) is 0 Å². The van der Waals surface area contributed by atoms with E-state index in [2.05, 4.69) is 20.9 Å². The van der Waals surface area contributed by atoms with E-state index in [1.807, 2.05) is 30.3 Å². The number of hydrogen-bond acceptors (Lipinski definition) is 4. The summed E-state index contributed by atoms with van der Waals surface area (Å²) < 4.78 is 11.8. The molecule has 0 atom stereocenters. The molecule has 1 aromatic heterocycles. The van der Waals surface area contributed by atoms with E-state index < -0.39 is 0 Å². The van der Waals surface area contributed by atoms with Gasteiger partial charge in [-0.15, -0.1) is 0 Å². The Labute approximate surface area is 120 Å². The predicted molar refractivity (Wildman–Crippen MR) is 75.3 cm³/mol. The van der Waals surface area contributed by atoms with Crippen molar-refractivity contribution in [2.45, 2.75) is 6.61 Å². The van der Waals surface area contributed by atoms with Crippen LogP contribution >= 0.6 is 15.9 Å². The van der Waals surface area contributed by atoms with Crippen LogP contribution in [0.5, 0.6) is 11.6 Å². The molecule has 0 aliphatic carbocycles. The van der Waals surface area contributed by atoms with Gasteiger partial charge in [0, 0.05) is 16.2 Å². The normalized spacial score (nSPS) is 10.2. The van der Waals surface area contributed by atoms with Crippen molar-refractivity contribution in [2.24, 2.45) is 0 Å². The second-order valence-corrected chi connectivity index (χ2v) is 4.70. The molecule has 1 aromatic carbocycles. The van der Waals surface area contributed by atoms with Gasteiger partial charge in [0.15, 0.2) is 0 Å². The highest BCUT2D eigenvalue weighted by molar-refractivity contribution is 9.10. The monoisotopic (exact) mass is 323 g/mol. The summed E-state index contributed by atoms with van der Waals surface area (Å²) in [6, 6.07) is 11.3. The molecule has 0 radical (unpaired) electrons. The Morgan fingerprint density at radius 1 is 1.11 bits per heavy atom. The van der Waals surface area contributed by atoms with E-state index in [0.717, 1.165) is 10.2 Å². The third kappa shape index (κ3) is 4.22. The number of hydrogen-bond donors (Lipinski definition) is 1. The Hall–Kier alpha value is -1.59. The van der Waals surface area contributed by atoms with Gasteiger partial charge in [-0.3, -0.25) is 0 Å². The molecule has 0 aliphatic heterocycles. The third-order valence-corrected chi connectivity index (χ3v) is 2.83. The molecule has 0 saturated heterocycles. The number of para-hydroxylation sites is 1. The van der Waals surface area contributed by atoms with Gasteiger partial charge in [0.2, 0.25) is 5.88 Å². The highest BCUT2D eigenvalue weighted by Crippen LogP contribution is 2.19. The summed E-state index contributed by atoms with van der Waals surface area (Å²) in [4.78, 5) is 4.11. The highest BCUT2D eigenvalue weighted by Gasteiger charge is 2.05. The van der Waals surface area contributed by atoms with Crippen LogP contribution in [-0.2, 0) is 6.61 Å². The number of aliphatic hydroxyl groups is 1. The van der Waals surface area contributed by atoms with Gasteiger partial charge in [0.05, 0.1) is 6.61 Å². The molecule has 2 aromatic rings. The van der Waals surface area contributed by atoms with Crippen LogP contribution in [-0.4, -0.2) is 23.3 Å². The number of benzene rings is 1. The van der Waals surface area contributed by atoms with Gasteiger partial charge in [-0.05, 0) is 34.1 Å². The summed E-state index contributed by atoms with van der Waals surface area (Å²) in [7, 11) is 0. The molecule has 0 saturated carbocycles. The standard InChI is InChI=1S/C14H14BrNO3/c15-12-8-11(10-17)14(16-9-12)19-7-6-18-13-4-2-1-3-5-13/h1-5,8-9,17H,6-7,10H2. The summed E-state index contributed by atoms with van der Waals surface area (Å²) in [5, 5.41) is 9.21. The fourth-order valence-corrected chi connectivity index (χ4v) is 1.91. The molecule has 4 nitrogen and oxygen atoms in total. The highest BCUT2D eigenvalue weighted by atomic mass is 79.9. The fourth-order valence-electron chi connectivity index (χ4n) is 1.53. The lowest BCUT2D eigenvalue weighted by Crippen LogP contribution is -2.10. The first kappa shape index (κ1) is 13.8. The molecule has 2 rings (SSSR count). The Balaban J connectivity index is 1.83. The van der Waals surface area contributed by atoms with E-state index in [9.17, 15) is 5.11 Å². The van der Waals surface area contributed by atoms with Crippen molar-refractivity contribution in [1.29, 1.82) is 0 Å². The topological polar surface area (TPSA) is 51.6 Å². The Morgan fingerprint density at radius 2 is 1.84 bits per heavy atom. The first-order valence-electron chi connectivity index (χ1n) is 5.85. The summed E-state index contributed by atoms with van der Waals surface area (Å²) in [5.41, 5.74) is 0.647. The maximum atomic E-state index is 9.21. The molecule has 0 aliphatic rings. The molecule has 0 unspecified atom stereocenters. The van der Waals surface area contributed by atoms with Crippen LogP contribution in [0.15, 0.2) is 47.1 Å². The Kier molecular flexibility index (Phi) is 5.18. The lowest BCUT2D eigenvalue weighted by Gasteiger charge is -2.10. The zero-order valence-electron chi connectivity index (χ0n) is 10.3.